The fraction of sp³-hybridized carbons (Fsp3) is 0.500. The Labute approximate surface area is 176 Å². The lowest BCUT2D eigenvalue weighted by atomic mass is 9.98. The van der Waals surface area contributed by atoms with Crippen LogP contribution in [-0.2, 0) is 16.0 Å². The van der Waals surface area contributed by atoms with Gasteiger partial charge in [0.2, 0.25) is 5.91 Å². The van der Waals surface area contributed by atoms with Gasteiger partial charge >= 0.3 is 0 Å². The van der Waals surface area contributed by atoms with Crippen LogP contribution in [0.3, 0.4) is 0 Å². The maximum absolute atomic E-state index is 14.7. The summed E-state index contributed by atoms with van der Waals surface area (Å²) < 4.78 is 19.6. The molecule has 1 amide bonds. The van der Waals surface area contributed by atoms with Crippen molar-refractivity contribution in [2.24, 2.45) is 16.6 Å². The van der Waals surface area contributed by atoms with Gasteiger partial charge in [-0.3, -0.25) is 9.79 Å². The number of ether oxygens (including phenoxy) is 1. The van der Waals surface area contributed by atoms with Gasteiger partial charge in [0.15, 0.2) is 0 Å². The maximum Gasteiger partial charge on any atom is 0.238 e. The molecule has 8 heteroatoms. The number of amides is 1. The quantitative estimate of drug-likeness (QED) is 0.420. The number of nitrogens with one attached hydrogen (secondary N) is 2. The molecular formula is C22H28FN5O2. The van der Waals surface area contributed by atoms with Crippen molar-refractivity contribution in [2.75, 3.05) is 20.3 Å². The van der Waals surface area contributed by atoms with Crippen molar-refractivity contribution in [1.82, 2.24) is 10.6 Å². The molecule has 1 aliphatic carbocycles. The number of nitrogens with zero attached hydrogens (tertiary/aromatic N) is 2. The summed E-state index contributed by atoms with van der Waals surface area (Å²) in [7, 11) is 1.59. The second kappa shape index (κ2) is 10.3. The van der Waals surface area contributed by atoms with Crippen LogP contribution in [0, 0.1) is 23.1 Å². The predicted molar refractivity (Wildman–Crippen MR) is 113 cm³/mol. The normalized spacial score (nSPS) is 24.2. The number of nitriles is 1. The monoisotopic (exact) mass is 413 g/mol. The fourth-order valence-electron chi connectivity index (χ4n) is 4.17. The second-order valence-electron chi connectivity index (χ2n) is 7.77. The van der Waals surface area contributed by atoms with Gasteiger partial charge in [-0.25, -0.2) is 4.39 Å². The number of piperidine rings is 1. The lowest BCUT2D eigenvalue weighted by Gasteiger charge is -2.23. The molecule has 1 heterocycles. The summed E-state index contributed by atoms with van der Waals surface area (Å²) in [5.41, 5.74) is 7.18. The zero-order chi connectivity index (χ0) is 21.5. The molecule has 0 unspecified atom stereocenters. The first-order valence-corrected chi connectivity index (χ1v) is 10.2. The van der Waals surface area contributed by atoms with E-state index in [-0.39, 0.29) is 18.4 Å². The first kappa shape index (κ1) is 21.9. The predicted octanol–water partition coefficient (Wildman–Crippen LogP) is 1.53. The van der Waals surface area contributed by atoms with Crippen molar-refractivity contribution in [2.45, 2.75) is 43.8 Å². The average molecular weight is 413 g/mol. The number of rotatable bonds is 9. The minimum Gasteiger partial charge on any atom is -0.404 e. The summed E-state index contributed by atoms with van der Waals surface area (Å²) >= 11 is 0. The highest BCUT2D eigenvalue weighted by Crippen LogP contribution is 2.35. The van der Waals surface area contributed by atoms with Crippen LogP contribution in [0.2, 0.25) is 0 Å². The molecule has 1 aliphatic heterocycles. The van der Waals surface area contributed by atoms with Crippen LogP contribution < -0.4 is 16.4 Å². The van der Waals surface area contributed by atoms with E-state index in [0.29, 0.717) is 41.8 Å². The molecule has 4 N–H and O–H groups in total. The van der Waals surface area contributed by atoms with Gasteiger partial charge < -0.3 is 21.1 Å². The molecule has 3 rings (SSSR count). The van der Waals surface area contributed by atoms with Crippen molar-refractivity contribution in [1.29, 1.82) is 5.26 Å². The molecule has 0 radical (unpaired) electrons. The van der Waals surface area contributed by atoms with Gasteiger partial charge in [-0.1, -0.05) is 12.1 Å². The van der Waals surface area contributed by atoms with E-state index in [1.54, 1.807) is 25.5 Å². The maximum atomic E-state index is 14.7. The van der Waals surface area contributed by atoms with Crippen molar-refractivity contribution < 1.29 is 13.9 Å². The van der Waals surface area contributed by atoms with E-state index >= 15 is 0 Å². The summed E-state index contributed by atoms with van der Waals surface area (Å²) in [5.74, 6) is -0.298. The number of aliphatic imine (C=N–C) groups is 1. The Morgan fingerprint density at radius 2 is 2.37 bits per heavy atom. The van der Waals surface area contributed by atoms with Gasteiger partial charge in [-0.05, 0) is 42.4 Å². The fourth-order valence-corrected chi connectivity index (χ4v) is 4.17. The van der Waals surface area contributed by atoms with Gasteiger partial charge in [0, 0.05) is 37.6 Å². The number of allylic oxidation sites excluding steroid dienone is 1. The molecule has 4 atom stereocenters. The molecule has 160 valence electrons. The van der Waals surface area contributed by atoms with E-state index in [2.05, 4.69) is 21.7 Å². The highest BCUT2D eigenvalue weighted by molar-refractivity contribution is 6.09. The third kappa shape index (κ3) is 5.23. The van der Waals surface area contributed by atoms with Crippen LogP contribution in [0.5, 0.6) is 0 Å². The van der Waals surface area contributed by atoms with E-state index in [4.69, 9.17) is 10.5 Å². The Hall–Kier alpha value is -2.76. The van der Waals surface area contributed by atoms with E-state index in [9.17, 15) is 14.4 Å². The van der Waals surface area contributed by atoms with Crippen LogP contribution in [0.1, 0.15) is 30.4 Å². The lowest BCUT2D eigenvalue weighted by Crippen LogP contribution is -2.50. The molecule has 0 spiro atoms. The molecule has 2 aliphatic rings. The number of halogens is 1. The molecule has 2 bridgehead atoms. The number of methoxy groups -OCH3 is 1. The first-order chi connectivity index (χ1) is 14.5. The zero-order valence-electron chi connectivity index (χ0n) is 17.1. The number of carbonyl (C=O) groups excluding carboxylic acids is 1. The summed E-state index contributed by atoms with van der Waals surface area (Å²) in [6, 6.07) is 6.14. The Morgan fingerprint density at radius 3 is 2.97 bits per heavy atom. The molecule has 1 aromatic rings. The van der Waals surface area contributed by atoms with Gasteiger partial charge in [0.05, 0.1) is 25.3 Å². The Bertz CT molecular complexity index is 864. The van der Waals surface area contributed by atoms with E-state index in [1.807, 2.05) is 0 Å². The molecule has 1 saturated carbocycles. The van der Waals surface area contributed by atoms with E-state index in [1.165, 1.54) is 12.3 Å². The highest BCUT2D eigenvalue weighted by atomic mass is 19.1. The van der Waals surface area contributed by atoms with Crippen molar-refractivity contribution in [3.05, 3.63) is 41.3 Å². The smallest absolute Gasteiger partial charge is 0.238 e. The molecule has 7 nitrogen and oxygen atoms in total. The first-order valence-electron chi connectivity index (χ1n) is 10.2. The Kier molecular flexibility index (Phi) is 7.55. The van der Waals surface area contributed by atoms with Crippen molar-refractivity contribution in [3.8, 4) is 6.07 Å². The topological polar surface area (TPSA) is 113 Å². The number of nitrogens with two attached hydrogens (primary N) is 1. The molecule has 30 heavy (non-hydrogen) atoms. The van der Waals surface area contributed by atoms with Gasteiger partial charge in [0.25, 0.3) is 0 Å². The van der Waals surface area contributed by atoms with E-state index < -0.39 is 11.9 Å². The lowest BCUT2D eigenvalue weighted by molar-refractivity contribution is -0.124. The molecule has 1 saturated heterocycles. The van der Waals surface area contributed by atoms with Crippen LogP contribution in [0.4, 0.5) is 4.39 Å². The van der Waals surface area contributed by atoms with Crippen LogP contribution >= 0.6 is 0 Å². The average Bonchev–Trinajstić information content (AvgIpc) is 3.38. The Morgan fingerprint density at radius 1 is 1.53 bits per heavy atom. The van der Waals surface area contributed by atoms with Crippen molar-refractivity contribution >= 4 is 17.7 Å². The highest BCUT2D eigenvalue weighted by Gasteiger charge is 2.43. The van der Waals surface area contributed by atoms with Gasteiger partial charge in [0.1, 0.15) is 11.9 Å². The number of hydrogen-bond donors (Lipinski definition) is 3. The summed E-state index contributed by atoms with van der Waals surface area (Å²) in [4.78, 5) is 16.7. The molecule has 0 aromatic heterocycles. The largest absolute Gasteiger partial charge is 0.404 e. The summed E-state index contributed by atoms with van der Waals surface area (Å²) in [6.45, 7) is 0.968. The number of fused-ring (bicyclic) bond motifs is 2. The van der Waals surface area contributed by atoms with Crippen LogP contribution in [0.15, 0.2) is 29.4 Å². The van der Waals surface area contributed by atoms with Crippen molar-refractivity contribution in [3.63, 3.8) is 0 Å². The minimum atomic E-state index is -0.793. The SMILES string of the molecule is COCCN=CC(=CN)c1ccc(C[C@@H](C#N)NC(=O)[C@H]2N[C@@H]3CC[C@H]2C3)c(F)c1. The number of benzene rings is 1. The zero-order valence-corrected chi connectivity index (χ0v) is 17.1. The van der Waals surface area contributed by atoms with Gasteiger partial charge in [-0.15, -0.1) is 0 Å². The number of carbonyl (C=O) groups is 1. The molecular weight excluding hydrogens is 385 g/mol. The second-order valence-corrected chi connectivity index (χ2v) is 7.77. The van der Waals surface area contributed by atoms with Gasteiger partial charge in [-0.2, -0.15) is 5.26 Å². The number of hydrogen-bond acceptors (Lipinski definition) is 6. The third-order valence-electron chi connectivity index (χ3n) is 5.76. The molecule has 2 fully saturated rings. The Balaban J connectivity index is 1.62. The standard InChI is InChI=1S/C22H28FN5O2/c1-30-7-6-26-13-17(11-24)14-2-3-15(20(23)10-14)8-19(12-25)28-22(29)21-16-4-5-18(9-16)27-21/h2-3,10-11,13,16,18-19,21,27H,4-9,24H2,1H3,(H,28,29)/t16-,18+,19-,21-/m0/s1. The minimum absolute atomic E-state index is 0.0960. The summed E-state index contributed by atoms with van der Waals surface area (Å²) in [6.07, 6.45) is 6.19. The van der Waals surface area contributed by atoms with E-state index in [0.717, 1.165) is 19.3 Å². The molecule has 1 aromatic carbocycles. The summed E-state index contributed by atoms with van der Waals surface area (Å²) in [5, 5.41) is 15.5. The third-order valence-corrected chi connectivity index (χ3v) is 5.76. The van der Waals surface area contributed by atoms with Crippen LogP contribution in [0.25, 0.3) is 5.57 Å². The van der Waals surface area contributed by atoms with Crippen LogP contribution in [-0.4, -0.2) is 50.5 Å².